The number of aromatic nitrogens is 1. The molecule has 0 amide bonds. The molecule has 8 rings (SSSR count). The van der Waals surface area contributed by atoms with Crippen molar-refractivity contribution in [3.8, 4) is 50.2 Å². The molecule has 1 aromatic heterocycles. The third kappa shape index (κ3) is 4.65. The molecule has 0 fully saturated rings. The van der Waals surface area contributed by atoms with Crippen LogP contribution in [0, 0.1) is 0 Å². The van der Waals surface area contributed by atoms with Crippen LogP contribution in [-0.4, -0.2) is 4.57 Å². The van der Waals surface area contributed by atoms with Crippen molar-refractivity contribution in [2.75, 3.05) is 0 Å². The van der Waals surface area contributed by atoms with E-state index in [2.05, 4.69) is 190 Å². The quantitative estimate of drug-likeness (QED) is 0.179. The molecule has 1 heterocycles. The minimum Gasteiger partial charge on any atom is -0.309 e. The Hall–Kier alpha value is -5.18. The smallest absolute Gasteiger partial charge is 0.0547 e. The van der Waals surface area contributed by atoms with Crippen LogP contribution < -0.4 is 0 Å². The van der Waals surface area contributed by atoms with Crippen LogP contribution in [0.4, 0.5) is 0 Å². The Bertz CT molecular complexity index is 2280. The summed E-state index contributed by atoms with van der Waals surface area (Å²) in [6, 6.07) is 61.2. The van der Waals surface area contributed by atoms with Gasteiger partial charge in [-0.05, 0) is 69.3 Å². The van der Waals surface area contributed by atoms with Crippen molar-refractivity contribution in [1.82, 2.24) is 4.57 Å². The van der Waals surface area contributed by atoms with Gasteiger partial charge in [0, 0.05) is 20.8 Å². The largest absolute Gasteiger partial charge is 0.309 e. The van der Waals surface area contributed by atoms with Crippen molar-refractivity contribution in [1.29, 1.82) is 0 Å². The number of para-hydroxylation sites is 2. The summed E-state index contributed by atoms with van der Waals surface area (Å²) in [6.07, 6.45) is 0. The van der Waals surface area contributed by atoms with E-state index < -0.39 is 0 Å². The lowest BCUT2D eigenvalue weighted by Gasteiger charge is -2.17. The normalized spacial score (nSPS) is 11.3. The molecular formula is C42H28BrN. The van der Waals surface area contributed by atoms with Crippen LogP contribution in [0.2, 0.25) is 0 Å². The van der Waals surface area contributed by atoms with E-state index in [0.29, 0.717) is 0 Å². The van der Waals surface area contributed by atoms with E-state index >= 15 is 0 Å². The second kappa shape index (κ2) is 11.1. The molecule has 0 radical (unpaired) electrons. The molecule has 0 unspecified atom stereocenters. The molecule has 0 bridgehead atoms. The average Bonchev–Trinajstić information content (AvgIpc) is 3.42. The van der Waals surface area contributed by atoms with E-state index in [1.807, 2.05) is 0 Å². The van der Waals surface area contributed by atoms with Gasteiger partial charge in [-0.2, -0.15) is 0 Å². The molecule has 0 spiro atoms. The predicted molar refractivity (Wildman–Crippen MR) is 190 cm³/mol. The number of benzene rings is 7. The van der Waals surface area contributed by atoms with E-state index in [1.54, 1.807) is 0 Å². The van der Waals surface area contributed by atoms with E-state index in [9.17, 15) is 0 Å². The highest BCUT2D eigenvalue weighted by Gasteiger charge is 2.18. The number of nitrogens with zero attached hydrogens (tertiary/aromatic N) is 1. The third-order valence-electron chi connectivity index (χ3n) is 8.50. The van der Waals surface area contributed by atoms with Crippen LogP contribution in [-0.2, 0) is 0 Å². The first-order chi connectivity index (χ1) is 21.7. The molecule has 0 atom stereocenters. The first-order valence-corrected chi connectivity index (χ1v) is 15.7. The highest BCUT2D eigenvalue weighted by atomic mass is 79.9. The lowest BCUT2D eigenvalue weighted by atomic mass is 9.93. The highest BCUT2D eigenvalue weighted by molar-refractivity contribution is 9.10. The second-order valence-corrected chi connectivity index (χ2v) is 12.0. The first-order valence-electron chi connectivity index (χ1n) is 14.9. The summed E-state index contributed by atoms with van der Waals surface area (Å²) in [6.45, 7) is 0. The van der Waals surface area contributed by atoms with Crippen molar-refractivity contribution >= 4 is 37.7 Å². The Morgan fingerprint density at radius 2 is 0.909 bits per heavy atom. The molecule has 0 aliphatic carbocycles. The van der Waals surface area contributed by atoms with Crippen LogP contribution >= 0.6 is 15.9 Å². The summed E-state index contributed by atoms with van der Waals surface area (Å²) in [4.78, 5) is 0. The maximum Gasteiger partial charge on any atom is 0.0547 e. The minimum absolute atomic E-state index is 1.09. The number of fused-ring (bicyclic) bond motifs is 3. The van der Waals surface area contributed by atoms with Gasteiger partial charge in [0.15, 0.2) is 0 Å². The summed E-state index contributed by atoms with van der Waals surface area (Å²) in [5, 5.41) is 2.51. The van der Waals surface area contributed by atoms with Crippen molar-refractivity contribution in [2.45, 2.75) is 0 Å². The van der Waals surface area contributed by atoms with E-state index in [-0.39, 0.29) is 0 Å². The lowest BCUT2D eigenvalue weighted by Crippen LogP contribution is -1.98. The van der Waals surface area contributed by atoms with Crippen LogP contribution in [0.25, 0.3) is 72.0 Å². The maximum atomic E-state index is 3.61. The van der Waals surface area contributed by atoms with Gasteiger partial charge < -0.3 is 4.57 Å². The van der Waals surface area contributed by atoms with Gasteiger partial charge in [-0.15, -0.1) is 0 Å². The fourth-order valence-corrected chi connectivity index (χ4v) is 6.82. The van der Waals surface area contributed by atoms with Gasteiger partial charge in [0.05, 0.1) is 16.7 Å². The molecule has 8 aromatic rings. The van der Waals surface area contributed by atoms with Crippen molar-refractivity contribution < 1.29 is 0 Å². The van der Waals surface area contributed by atoms with Gasteiger partial charge in [0.2, 0.25) is 0 Å². The molecule has 208 valence electrons. The fraction of sp³-hybridized carbons (Fsp3) is 0. The van der Waals surface area contributed by atoms with Gasteiger partial charge in [-0.25, -0.2) is 0 Å². The Labute approximate surface area is 265 Å². The second-order valence-electron chi connectivity index (χ2n) is 11.1. The number of hydrogen-bond acceptors (Lipinski definition) is 0. The Balaban J connectivity index is 1.32. The average molecular weight is 627 g/mol. The number of hydrogen-bond donors (Lipinski definition) is 0. The van der Waals surface area contributed by atoms with Gasteiger partial charge in [-0.1, -0.05) is 155 Å². The summed E-state index contributed by atoms with van der Waals surface area (Å²) >= 11 is 3.61. The lowest BCUT2D eigenvalue weighted by molar-refractivity contribution is 1.18. The van der Waals surface area contributed by atoms with Crippen LogP contribution in [0.3, 0.4) is 0 Å². The van der Waals surface area contributed by atoms with E-state index in [4.69, 9.17) is 0 Å². The van der Waals surface area contributed by atoms with Gasteiger partial charge in [0.1, 0.15) is 0 Å². The monoisotopic (exact) mass is 625 g/mol. The zero-order valence-corrected chi connectivity index (χ0v) is 25.6. The van der Waals surface area contributed by atoms with E-state index in [1.165, 1.54) is 72.0 Å². The number of rotatable bonds is 5. The van der Waals surface area contributed by atoms with Gasteiger partial charge in [-0.3, -0.25) is 0 Å². The summed E-state index contributed by atoms with van der Waals surface area (Å²) < 4.78 is 3.53. The van der Waals surface area contributed by atoms with E-state index in [0.717, 1.165) is 4.47 Å². The molecule has 7 aromatic carbocycles. The molecule has 0 saturated carbocycles. The summed E-state index contributed by atoms with van der Waals surface area (Å²) in [5.74, 6) is 0. The zero-order chi connectivity index (χ0) is 29.5. The number of halogens is 1. The molecule has 2 heteroatoms. The Kier molecular flexibility index (Phi) is 6.70. The van der Waals surface area contributed by atoms with Crippen molar-refractivity contribution in [2.24, 2.45) is 0 Å². The fourth-order valence-electron chi connectivity index (χ4n) is 6.42. The van der Waals surface area contributed by atoms with Crippen molar-refractivity contribution in [3.63, 3.8) is 0 Å². The predicted octanol–water partition coefficient (Wildman–Crippen LogP) is 12.2. The highest BCUT2D eigenvalue weighted by Crippen LogP contribution is 2.40. The van der Waals surface area contributed by atoms with Crippen LogP contribution in [0.5, 0.6) is 0 Å². The minimum atomic E-state index is 1.09. The molecule has 0 saturated heterocycles. The summed E-state index contributed by atoms with van der Waals surface area (Å²) in [7, 11) is 0. The Morgan fingerprint density at radius 3 is 1.68 bits per heavy atom. The summed E-state index contributed by atoms with van der Waals surface area (Å²) in [5.41, 5.74) is 13.3. The topological polar surface area (TPSA) is 4.93 Å². The SMILES string of the molecule is Brc1cccc(-c2ccc(-c3ccc4c5ccccc5n(-c5ccccc5-c5ccccc5-c5ccccc5)c4c3)cc2)c1. The molecular weight excluding hydrogens is 598 g/mol. The molecule has 44 heavy (non-hydrogen) atoms. The van der Waals surface area contributed by atoms with Gasteiger partial charge >= 0.3 is 0 Å². The zero-order valence-electron chi connectivity index (χ0n) is 24.0. The molecule has 0 aliphatic heterocycles. The third-order valence-corrected chi connectivity index (χ3v) is 8.99. The Morgan fingerprint density at radius 1 is 0.341 bits per heavy atom. The maximum absolute atomic E-state index is 3.61. The van der Waals surface area contributed by atoms with Crippen LogP contribution in [0.15, 0.2) is 174 Å². The molecule has 0 N–H and O–H groups in total. The standard InChI is InChI=1S/C42H28BrN/c43-34-14-10-13-32(27-34)29-21-23-30(24-22-29)33-25-26-39-38-18-7-9-20-41(38)44(42(39)28-33)40-19-8-6-17-37(40)36-16-5-4-15-35(36)31-11-2-1-3-12-31/h1-28H. The first kappa shape index (κ1) is 26.4. The molecule has 0 aliphatic rings. The van der Waals surface area contributed by atoms with Gasteiger partial charge in [0.25, 0.3) is 0 Å². The van der Waals surface area contributed by atoms with Crippen molar-refractivity contribution in [3.05, 3.63) is 174 Å². The molecule has 1 nitrogen and oxygen atoms in total. The van der Waals surface area contributed by atoms with Crippen LogP contribution in [0.1, 0.15) is 0 Å².